The molecular weight excluding hydrogens is 250 g/mol. The van der Waals surface area contributed by atoms with Crippen LogP contribution in [0.5, 0.6) is 0 Å². The number of aromatic nitrogens is 2. The Balaban J connectivity index is 2.00. The molecular formula is C15H27N5. The molecule has 1 unspecified atom stereocenters. The highest BCUT2D eigenvalue weighted by molar-refractivity contribution is 5.49. The van der Waals surface area contributed by atoms with E-state index in [2.05, 4.69) is 66.0 Å². The van der Waals surface area contributed by atoms with Gasteiger partial charge in [0.1, 0.15) is 18.0 Å². The number of likely N-dealkylation sites (N-methyl/N-ethyl adjacent to an activating group) is 1. The number of anilines is 2. The molecule has 0 spiro atoms. The molecule has 0 amide bonds. The molecule has 1 aromatic rings. The van der Waals surface area contributed by atoms with Crippen LogP contribution in [0.15, 0.2) is 12.4 Å². The lowest BCUT2D eigenvalue weighted by molar-refractivity contribution is 0.315. The molecule has 1 fully saturated rings. The molecule has 5 nitrogen and oxygen atoms in total. The number of nitrogens with one attached hydrogen (secondary N) is 1. The molecule has 0 radical (unpaired) electrons. The van der Waals surface area contributed by atoms with Crippen molar-refractivity contribution in [1.82, 2.24) is 14.9 Å². The summed E-state index contributed by atoms with van der Waals surface area (Å²) >= 11 is 0. The van der Waals surface area contributed by atoms with Gasteiger partial charge >= 0.3 is 0 Å². The van der Waals surface area contributed by atoms with E-state index >= 15 is 0 Å². The van der Waals surface area contributed by atoms with Gasteiger partial charge in [0.2, 0.25) is 0 Å². The normalized spacial score (nSPS) is 19.7. The summed E-state index contributed by atoms with van der Waals surface area (Å²) < 4.78 is 0. The van der Waals surface area contributed by atoms with Gasteiger partial charge in [-0.2, -0.15) is 0 Å². The van der Waals surface area contributed by atoms with E-state index in [1.807, 2.05) is 0 Å². The average molecular weight is 277 g/mol. The van der Waals surface area contributed by atoms with Gasteiger partial charge < -0.3 is 15.1 Å². The Labute approximate surface area is 122 Å². The summed E-state index contributed by atoms with van der Waals surface area (Å²) in [6.45, 7) is 9.66. The van der Waals surface area contributed by atoms with Gasteiger partial charge in [-0.1, -0.05) is 20.8 Å². The summed E-state index contributed by atoms with van der Waals surface area (Å²) in [6.07, 6.45) is 2.85. The number of hydrogen-bond acceptors (Lipinski definition) is 5. The summed E-state index contributed by atoms with van der Waals surface area (Å²) in [6, 6.07) is 2.68. The summed E-state index contributed by atoms with van der Waals surface area (Å²) in [5, 5.41) is 3.39. The average Bonchev–Trinajstić information content (AvgIpc) is 2.86. The zero-order valence-electron chi connectivity index (χ0n) is 13.3. The molecule has 1 aromatic heterocycles. The molecule has 20 heavy (non-hydrogen) atoms. The summed E-state index contributed by atoms with van der Waals surface area (Å²) in [5.74, 6) is 1.94. The molecule has 1 atom stereocenters. The minimum Gasteiger partial charge on any atom is -0.369 e. The number of hydrogen-bond donors (Lipinski definition) is 1. The van der Waals surface area contributed by atoms with Crippen LogP contribution in [0.25, 0.3) is 0 Å². The van der Waals surface area contributed by atoms with Crippen molar-refractivity contribution in [3.05, 3.63) is 12.4 Å². The molecule has 1 saturated heterocycles. The van der Waals surface area contributed by atoms with Crippen LogP contribution in [0.2, 0.25) is 0 Å². The standard InChI is InChI=1S/C15H27N5/c1-15(2,3)10-16-13-8-14(18-11-17-13)20-7-6-12(9-20)19(4)5/h8,11-12H,6-7,9-10H2,1-5H3,(H,16,17,18). The van der Waals surface area contributed by atoms with E-state index in [4.69, 9.17) is 0 Å². The first-order valence-corrected chi connectivity index (χ1v) is 7.32. The molecule has 2 heterocycles. The van der Waals surface area contributed by atoms with Crippen LogP contribution in [0.1, 0.15) is 27.2 Å². The maximum Gasteiger partial charge on any atom is 0.134 e. The van der Waals surface area contributed by atoms with E-state index in [1.165, 1.54) is 6.42 Å². The second-order valence-electron chi connectivity index (χ2n) is 7.03. The first kappa shape index (κ1) is 15.0. The number of rotatable bonds is 4. The van der Waals surface area contributed by atoms with Gasteiger partial charge in [0.15, 0.2) is 0 Å². The van der Waals surface area contributed by atoms with Crippen molar-refractivity contribution >= 4 is 11.6 Å². The third-order valence-corrected chi connectivity index (χ3v) is 3.67. The van der Waals surface area contributed by atoms with Crippen LogP contribution >= 0.6 is 0 Å². The first-order valence-electron chi connectivity index (χ1n) is 7.32. The van der Waals surface area contributed by atoms with Gasteiger partial charge in [-0.3, -0.25) is 0 Å². The Hall–Kier alpha value is -1.36. The van der Waals surface area contributed by atoms with E-state index in [0.29, 0.717) is 6.04 Å². The van der Waals surface area contributed by atoms with Crippen LogP contribution in [0.3, 0.4) is 0 Å². The molecule has 5 heteroatoms. The summed E-state index contributed by atoms with van der Waals surface area (Å²) in [4.78, 5) is 13.4. The van der Waals surface area contributed by atoms with Gasteiger partial charge in [0, 0.05) is 31.7 Å². The molecule has 1 N–H and O–H groups in total. The second kappa shape index (κ2) is 5.95. The van der Waals surface area contributed by atoms with E-state index < -0.39 is 0 Å². The molecule has 0 aromatic carbocycles. The van der Waals surface area contributed by atoms with Crippen LogP contribution in [0.4, 0.5) is 11.6 Å². The predicted octanol–water partition coefficient (Wildman–Crippen LogP) is 2.07. The lowest BCUT2D eigenvalue weighted by atomic mass is 9.97. The molecule has 1 aliphatic heterocycles. The third kappa shape index (κ3) is 4.07. The zero-order valence-corrected chi connectivity index (χ0v) is 13.3. The summed E-state index contributed by atoms with van der Waals surface area (Å²) in [7, 11) is 4.29. The van der Waals surface area contributed by atoms with Crippen molar-refractivity contribution in [3.8, 4) is 0 Å². The Morgan fingerprint density at radius 3 is 2.70 bits per heavy atom. The SMILES string of the molecule is CN(C)C1CCN(c2cc(NCC(C)(C)C)ncn2)C1. The van der Waals surface area contributed by atoms with Crippen molar-refractivity contribution in [2.45, 2.75) is 33.2 Å². The molecule has 0 aliphatic carbocycles. The van der Waals surface area contributed by atoms with Crippen molar-refractivity contribution < 1.29 is 0 Å². The lowest BCUT2D eigenvalue weighted by Gasteiger charge is -2.22. The quantitative estimate of drug-likeness (QED) is 0.913. The van der Waals surface area contributed by atoms with E-state index in [0.717, 1.165) is 31.3 Å². The smallest absolute Gasteiger partial charge is 0.134 e. The summed E-state index contributed by atoms with van der Waals surface area (Å²) in [5.41, 5.74) is 0.245. The van der Waals surface area contributed by atoms with Crippen LogP contribution in [-0.4, -0.2) is 54.6 Å². The van der Waals surface area contributed by atoms with Crippen molar-refractivity contribution in [2.24, 2.45) is 5.41 Å². The Bertz CT molecular complexity index is 438. The molecule has 0 saturated carbocycles. The van der Waals surface area contributed by atoms with Crippen molar-refractivity contribution in [3.63, 3.8) is 0 Å². The van der Waals surface area contributed by atoms with Gasteiger partial charge in [0.05, 0.1) is 0 Å². The Kier molecular flexibility index (Phi) is 4.48. The highest BCUT2D eigenvalue weighted by atomic mass is 15.3. The lowest BCUT2D eigenvalue weighted by Crippen LogP contribution is -2.31. The van der Waals surface area contributed by atoms with Gasteiger partial charge in [-0.25, -0.2) is 9.97 Å². The van der Waals surface area contributed by atoms with Gasteiger partial charge in [-0.15, -0.1) is 0 Å². The fourth-order valence-electron chi connectivity index (χ4n) is 2.34. The predicted molar refractivity (Wildman–Crippen MR) is 84.3 cm³/mol. The largest absolute Gasteiger partial charge is 0.369 e. The fraction of sp³-hybridized carbons (Fsp3) is 0.733. The first-order chi connectivity index (χ1) is 9.35. The highest BCUT2D eigenvalue weighted by Gasteiger charge is 2.25. The van der Waals surface area contributed by atoms with Crippen LogP contribution in [0, 0.1) is 5.41 Å². The minimum absolute atomic E-state index is 0.245. The third-order valence-electron chi connectivity index (χ3n) is 3.67. The molecule has 2 rings (SSSR count). The van der Waals surface area contributed by atoms with E-state index in [-0.39, 0.29) is 5.41 Å². The zero-order chi connectivity index (χ0) is 14.8. The fourth-order valence-corrected chi connectivity index (χ4v) is 2.34. The molecule has 0 bridgehead atoms. The second-order valence-corrected chi connectivity index (χ2v) is 7.03. The Morgan fingerprint density at radius 1 is 1.35 bits per heavy atom. The van der Waals surface area contributed by atoms with Crippen molar-refractivity contribution in [1.29, 1.82) is 0 Å². The highest BCUT2D eigenvalue weighted by Crippen LogP contribution is 2.22. The van der Waals surface area contributed by atoms with Crippen LogP contribution < -0.4 is 10.2 Å². The van der Waals surface area contributed by atoms with Gasteiger partial charge in [0.25, 0.3) is 0 Å². The maximum absolute atomic E-state index is 4.42. The molecule has 1 aliphatic rings. The number of nitrogens with zero attached hydrogens (tertiary/aromatic N) is 4. The minimum atomic E-state index is 0.245. The topological polar surface area (TPSA) is 44.3 Å². The monoisotopic (exact) mass is 277 g/mol. The van der Waals surface area contributed by atoms with E-state index in [1.54, 1.807) is 6.33 Å². The van der Waals surface area contributed by atoms with E-state index in [9.17, 15) is 0 Å². The van der Waals surface area contributed by atoms with Gasteiger partial charge in [-0.05, 0) is 25.9 Å². The van der Waals surface area contributed by atoms with Crippen LogP contribution in [-0.2, 0) is 0 Å². The molecule has 112 valence electrons. The maximum atomic E-state index is 4.42. The van der Waals surface area contributed by atoms with Crippen molar-refractivity contribution in [2.75, 3.05) is 43.9 Å². The Morgan fingerprint density at radius 2 is 2.10 bits per heavy atom.